The molecule has 0 bridgehead atoms. The van der Waals surface area contributed by atoms with Gasteiger partial charge in [-0.05, 0) is 37.6 Å². The lowest BCUT2D eigenvalue weighted by atomic mass is 10.4. The Balaban J connectivity index is 2.21. The SMILES string of the molecule is CCOc1nc(Cl)nc(N(CC)Cc2ccco2)n1. The lowest BCUT2D eigenvalue weighted by Gasteiger charge is -2.19. The summed E-state index contributed by atoms with van der Waals surface area (Å²) in [5, 5.41) is 0.117. The summed E-state index contributed by atoms with van der Waals surface area (Å²) in [7, 11) is 0. The zero-order valence-electron chi connectivity index (χ0n) is 10.8. The van der Waals surface area contributed by atoms with Crippen molar-refractivity contribution < 1.29 is 9.15 Å². The van der Waals surface area contributed by atoms with Gasteiger partial charge in [0, 0.05) is 6.54 Å². The minimum Gasteiger partial charge on any atom is -0.467 e. The van der Waals surface area contributed by atoms with E-state index >= 15 is 0 Å². The summed E-state index contributed by atoms with van der Waals surface area (Å²) in [5.41, 5.74) is 0. The van der Waals surface area contributed by atoms with Gasteiger partial charge in [-0.2, -0.15) is 15.0 Å². The normalized spacial score (nSPS) is 10.5. The van der Waals surface area contributed by atoms with Crippen LogP contribution in [0.3, 0.4) is 0 Å². The zero-order chi connectivity index (χ0) is 13.7. The maximum atomic E-state index is 5.88. The molecule has 0 saturated carbocycles. The maximum absolute atomic E-state index is 5.88. The third-order valence-corrected chi connectivity index (χ3v) is 2.61. The number of hydrogen-bond acceptors (Lipinski definition) is 6. The van der Waals surface area contributed by atoms with Crippen LogP contribution >= 0.6 is 11.6 Å². The molecule has 2 aromatic rings. The van der Waals surface area contributed by atoms with Gasteiger partial charge in [0.05, 0.1) is 19.4 Å². The smallest absolute Gasteiger partial charge is 0.322 e. The van der Waals surface area contributed by atoms with Crippen LogP contribution in [0.2, 0.25) is 5.28 Å². The first-order chi connectivity index (χ1) is 9.22. The number of halogens is 1. The van der Waals surface area contributed by atoms with Crippen molar-refractivity contribution in [2.24, 2.45) is 0 Å². The summed E-state index contributed by atoms with van der Waals surface area (Å²) >= 11 is 5.88. The number of hydrogen-bond donors (Lipinski definition) is 0. The lowest BCUT2D eigenvalue weighted by Crippen LogP contribution is -2.24. The molecule has 0 amide bonds. The number of aromatic nitrogens is 3. The maximum Gasteiger partial charge on any atom is 0.322 e. The molecule has 6 nitrogen and oxygen atoms in total. The second kappa shape index (κ2) is 6.38. The van der Waals surface area contributed by atoms with E-state index in [1.807, 2.05) is 30.9 Å². The van der Waals surface area contributed by atoms with Crippen molar-refractivity contribution in [2.75, 3.05) is 18.1 Å². The van der Waals surface area contributed by atoms with Crippen molar-refractivity contribution in [3.8, 4) is 6.01 Å². The van der Waals surface area contributed by atoms with E-state index in [2.05, 4.69) is 15.0 Å². The van der Waals surface area contributed by atoms with Crippen LogP contribution < -0.4 is 9.64 Å². The van der Waals surface area contributed by atoms with Crippen LogP contribution in [-0.4, -0.2) is 28.1 Å². The van der Waals surface area contributed by atoms with Gasteiger partial charge in [-0.15, -0.1) is 0 Å². The van der Waals surface area contributed by atoms with Crippen molar-refractivity contribution in [2.45, 2.75) is 20.4 Å². The van der Waals surface area contributed by atoms with Crippen molar-refractivity contribution in [3.63, 3.8) is 0 Å². The van der Waals surface area contributed by atoms with Gasteiger partial charge in [0.2, 0.25) is 11.2 Å². The van der Waals surface area contributed by atoms with Crippen molar-refractivity contribution >= 4 is 17.5 Å². The Labute approximate surface area is 116 Å². The highest BCUT2D eigenvalue weighted by molar-refractivity contribution is 6.28. The molecule has 7 heteroatoms. The summed E-state index contributed by atoms with van der Waals surface area (Å²) < 4.78 is 10.6. The molecule has 102 valence electrons. The van der Waals surface area contributed by atoms with Gasteiger partial charge in [0.15, 0.2) is 0 Å². The number of furan rings is 1. The summed E-state index contributed by atoms with van der Waals surface area (Å²) in [6.07, 6.45) is 1.63. The highest BCUT2D eigenvalue weighted by atomic mass is 35.5. The van der Waals surface area contributed by atoms with Gasteiger partial charge in [-0.3, -0.25) is 0 Å². The van der Waals surface area contributed by atoms with E-state index in [0.717, 1.165) is 5.76 Å². The number of rotatable bonds is 6. The lowest BCUT2D eigenvalue weighted by molar-refractivity contribution is 0.311. The van der Waals surface area contributed by atoms with Crippen LogP contribution in [0.15, 0.2) is 22.8 Å². The highest BCUT2D eigenvalue weighted by Crippen LogP contribution is 2.17. The van der Waals surface area contributed by atoms with Gasteiger partial charge in [0.25, 0.3) is 0 Å². The van der Waals surface area contributed by atoms with Crippen LogP contribution in [0, 0.1) is 0 Å². The third-order valence-electron chi connectivity index (χ3n) is 2.44. The molecule has 0 atom stereocenters. The number of ether oxygens (including phenoxy) is 1. The van der Waals surface area contributed by atoms with E-state index in [9.17, 15) is 0 Å². The molecule has 19 heavy (non-hydrogen) atoms. The molecule has 0 N–H and O–H groups in total. The van der Waals surface area contributed by atoms with Crippen LogP contribution in [0.25, 0.3) is 0 Å². The van der Waals surface area contributed by atoms with Crippen LogP contribution in [0.1, 0.15) is 19.6 Å². The Morgan fingerprint density at radius 2 is 2.16 bits per heavy atom. The van der Waals surface area contributed by atoms with Crippen LogP contribution in [0.5, 0.6) is 6.01 Å². The van der Waals surface area contributed by atoms with Crippen molar-refractivity contribution in [1.29, 1.82) is 0 Å². The number of nitrogens with zero attached hydrogens (tertiary/aromatic N) is 4. The van der Waals surface area contributed by atoms with Crippen LogP contribution in [0.4, 0.5) is 5.95 Å². The van der Waals surface area contributed by atoms with E-state index in [1.54, 1.807) is 6.26 Å². The van der Waals surface area contributed by atoms with E-state index in [4.69, 9.17) is 20.8 Å². The predicted molar refractivity (Wildman–Crippen MR) is 71.4 cm³/mol. The molecule has 2 rings (SSSR count). The fourth-order valence-corrected chi connectivity index (χ4v) is 1.72. The molecule has 0 radical (unpaired) electrons. The van der Waals surface area contributed by atoms with E-state index in [-0.39, 0.29) is 11.3 Å². The molecule has 2 aromatic heterocycles. The monoisotopic (exact) mass is 282 g/mol. The second-order valence-corrected chi connectivity index (χ2v) is 4.05. The van der Waals surface area contributed by atoms with Crippen molar-refractivity contribution in [3.05, 3.63) is 29.4 Å². The second-order valence-electron chi connectivity index (χ2n) is 3.71. The molecular formula is C12H15ClN4O2. The highest BCUT2D eigenvalue weighted by Gasteiger charge is 2.13. The minimum atomic E-state index is 0.117. The largest absolute Gasteiger partial charge is 0.467 e. The molecule has 0 fully saturated rings. The van der Waals surface area contributed by atoms with Gasteiger partial charge >= 0.3 is 6.01 Å². The first-order valence-corrected chi connectivity index (χ1v) is 6.42. The van der Waals surface area contributed by atoms with Crippen molar-refractivity contribution in [1.82, 2.24) is 15.0 Å². The summed E-state index contributed by atoms with van der Waals surface area (Å²) in [5.74, 6) is 1.30. The van der Waals surface area contributed by atoms with Gasteiger partial charge in [0.1, 0.15) is 5.76 Å². The minimum absolute atomic E-state index is 0.117. The summed E-state index contributed by atoms with van der Waals surface area (Å²) in [4.78, 5) is 14.2. The molecule has 0 aliphatic rings. The average Bonchev–Trinajstić information content (AvgIpc) is 2.88. The first-order valence-electron chi connectivity index (χ1n) is 6.04. The molecule has 0 aliphatic heterocycles. The molecule has 0 unspecified atom stereocenters. The van der Waals surface area contributed by atoms with E-state index < -0.39 is 0 Å². The Morgan fingerprint density at radius 1 is 1.32 bits per heavy atom. The topological polar surface area (TPSA) is 64.3 Å². The van der Waals surface area contributed by atoms with Gasteiger partial charge in [-0.1, -0.05) is 0 Å². The third kappa shape index (κ3) is 3.57. The Kier molecular flexibility index (Phi) is 4.57. The molecule has 0 aromatic carbocycles. The van der Waals surface area contributed by atoms with E-state index in [0.29, 0.717) is 25.6 Å². The molecular weight excluding hydrogens is 268 g/mol. The van der Waals surface area contributed by atoms with E-state index in [1.165, 1.54) is 0 Å². The Hall–Kier alpha value is -1.82. The van der Waals surface area contributed by atoms with Gasteiger partial charge < -0.3 is 14.1 Å². The molecule has 0 saturated heterocycles. The van der Waals surface area contributed by atoms with Crippen LogP contribution in [-0.2, 0) is 6.54 Å². The summed E-state index contributed by atoms with van der Waals surface area (Å²) in [6.45, 7) is 5.62. The zero-order valence-corrected chi connectivity index (χ0v) is 11.6. The average molecular weight is 283 g/mol. The predicted octanol–water partition coefficient (Wildman–Crippen LogP) is 2.54. The Bertz CT molecular complexity index is 518. The standard InChI is InChI=1S/C12H15ClN4O2/c1-3-17(8-9-6-5-7-19-9)11-14-10(13)15-12(16-11)18-4-2/h5-7H,3-4,8H2,1-2H3. The quantitative estimate of drug-likeness (QED) is 0.811. The first kappa shape index (κ1) is 13.6. The molecule has 0 spiro atoms. The fraction of sp³-hybridized carbons (Fsp3) is 0.417. The summed E-state index contributed by atoms with van der Waals surface area (Å²) in [6, 6.07) is 3.97. The number of anilines is 1. The molecule has 0 aliphatic carbocycles. The van der Waals surface area contributed by atoms with Gasteiger partial charge in [-0.25, -0.2) is 0 Å². The fourth-order valence-electron chi connectivity index (χ4n) is 1.57. The Morgan fingerprint density at radius 3 is 2.79 bits per heavy atom. The molecule has 2 heterocycles.